The lowest BCUT2D eigenvalue weighted by Gasteiger charge is -2.11. The van der Waals surface area contributed by atoms with Crippen molar-refractivity contribution < 1.29 is 9.59 Å². The van der Waals surface area contributed by atoms with Gasteiger partial charge in [-0.3, -0.25) is 9.59 Å². The molecule has 0 aromatic heterocycles. The van der Waals surface area contributed by atoms with E-state index >= 15 is 0 Å². The van der Waals surface area contributed by atoms with Gasteiger partial charge in [0.25, 0.3) is 11.1 Å². The van der Waals surface area contributed by atoms with Crippen LogP contribution in [0.2, 0.25) is 0 Å². The van der Waals surface area contributed by atoms with Crippen molar-refractivity contribution in [1.29, 1.82) is 0 Å². The number of hydrogen-bond donors (Lipinski definition) is 0. The molecule has 1 heterocycles. The van der Waals surface area contributed by atoms with Crippen LogP contribution < -0.4 is 4.90 Å². The zero-order chi connectivity index (χ0) is 10.1. The fraction of sp³-hybridized carbons (Fsp3) is 0.111. The van der Waals surface area contributed by atoms with E-state index in [-0.39, 0.29) is 11.1 Å². The van der Waals surface area contributed by atoms with Crippen molar-refractivity contribution in [3.63, 3.8) is 0 Å². The first-order valence-corrected chi connectivity index (χ1v) is 5.73. The molecule has 0 aliphatic carbocycles. The van der Waals surface area contributed by atoms with E-state index in [4.69, 9.17) is 0 Å². The SMILES string of the molecule is O=C1S[C@H](Br)C(=O)N1c1ccccc1. The minimum atomic E-state index is -0.449. The molecule has 1 aliphatic heterocycles. The Morgan fingerprint density at radius 2 is 1.86 bits per heavy atom. The summed E-state index contributed by atoms with van der Waals surface area (Å²) in [5.41, 5.74) is 0.622. The van der Waals surface area contributed by atoms with Crippen LogP contribution in [0.25, 0.3) is 0 Å². The standard InChI is InChI=1S/C9H6BrNO2S/c10-7-8(12)11(9(13)14-7)6-4-2-1-3-5-6/h1-5,7H/t7-/m0/s1. The molecule has 14 heavy (non-hydrogen) atoms. The molecule has 0 radical (unpaired) electrons. The Bertz CT molecular complexity index is 382. The van der Waals surface area contributed by atoms with Crippen molar-refractivity contribution in [1.82, 2.24) is 0 Å². The van der Waals surface area contributed by atoms with Gasteiger partial charge >= 0.3 is 0 Å². The van der Waals surface area contributed by atoms with E-state index in [0.717, 1.165) is 11.8 Å². The van der Waals surface area contributed by atoms with Crippen LogP contribution in [-0.2, 0) is 4.79 Å². The molecule has 72 valence electrons. The number of nitrogens with zero attached hydrogens (tertiary/aromatic N) is 1. The largest absolute Gasteiger partial charge is 0.294 e. The van der Waals surface area contributed by atoms with Crippen LogP contribution in [0.15, 0.2) is 30.3 Å². The number of halogens is 1. The van der Waals surface area contributed by atoms with E-state index in [1.807, 2.05) is 6.07 Å². The highest BCUT2D eigenvalue weighted by atomic mass is 79.9. The molecule has 2 amide bonds. The molecule has 1 atom stereocenters. The predicted octanol–water partition coefficient (Wildman–Crippen LogP) is 2.61. The fourth-order valence-corrected chi connectivity index (χ4v) is 2.56. The Labute approximate surface area is 93.6 Å². The molecule has 0 unspecified atom stereocenters. The number of benzene rings is 1. The van der Waals surface area contributed by atoms with Gasteiger partial charge in [0.2, 0.25) is 0 Å². The molecule has 0 saturated carbocycles. The Balaban J connectivity index is 2.36. The molecule has 0 spiro atoms. The predicted molar refractivity (Wildman–Crippen MR) is 59.6 cm³/mol. The minimum absolute atomic E-state index is 0.216. The van der Waals surface area contributed by atoms with Crippen LogP contribution in [0.4, 0.5) is 10.5 Å². The third-order valence-corrected chi connectivity index (χ3v) is 3.56. The van der Waals surface area contributed by atoms with Gasteiger partial charge in [-0.2, -0.15) is 0 Å². The summed E-state index contributed by atoms with van der Waals surface area (Å²) in [6, 6.07) is 8.90. The van der Waals surface area contributed by atoms with Crippen LogP contribution in [0.1, 0.15) is 0 Å². The molecule has 1 aromatic carbocycles. The average molecular weight is 272 g/mol. The van der Waals surface area contributed by atoms with Gasteiger partial charge in [-0.15, -0.1) is 0 Å². The van der Waals surface area contributed by atoms with E-state index in [0.29, 0.717) is 5.69 Å². The van der Waals surface area contributed by atoms with Gasteiger partial charge in [0.05, 0.1) is 5.69 Å². The Kier molecular flexibility index (Phi) is 2.60. The number of imide groups is 1. The van der Waals surface area contributed by atoms with E-state index in [1.165, 1.54) is 4.90 Å². The lowest BCUT2D eigenvalue weighted by molar-refractivity contribution is -0.115. The van der Waals surface area contributed by atoms with E-state index in [9.17, 15) is 9.59 Å². The number of alkyl halides is 1. The van der Waals surface area contributed by atoms with Gasteiger partial charge < -0.3 is 0 Å². The van der Waals surface area contributed by atoms with Gasteiger partial charge in [-0.25, -0.2) is 4.90 Å². The van der Waals surface area contributed by atoms with Crippen LogP contribution in [0, 0.1) is 0 Å². The Morgan fingerprint density at radius 1 is 1.21 bits per heavy atom. The summed E-state index contributed by atoms with van der Waals surface area (Å²) in [5, 5.41) is -0.233. The molecule has 0 bridgehead atoms. The highest BCUT2D eigenvalue weighted by Gasteiger charge is 2.38. The summed E-state index contributed by atoms with van der Waals surface area (Å²) in [7, 11) is 0. The van der Waals surface area contributed by atoms with E-state index < -0.39 is 4.16 Å². The van der Waals surface area contributed by atoms with E-state index in [2.05, 4.69) is 15.9 Å². The van der Waals surface area contributed by atoms with Crippen molar-refractivity contribution in [2.24, 2.45) is 0 Å². The zero-order valence-corrected chi connectivity index (χ0v) is 9.42. The third kappa shape index (κ3) is 1.57. The van der Waals surface area contributed by atoms with Crippen LogP contribution in [0.5, 0.6) is 0 Å². The van der Waals surface area contributed by atoms with E-state index in [1.54, 1.807) is 24.3 Å². The number of carbonyl (C=O) groups is 2. The summed E-state index contributed by atoms with van der Waals surface area (Å²) < 4.78 is -0.449. The normalized spacial score (nSPS) is 21.8. The maximum Gasteiger partial charge on any atom is 0.294 e. The molecule has 0 N–H and O–H groups in total. The number of thioether (sulfide) groups is 1. The zero-order valence-electron chi connectivity index (χ0n) is 7.01. The molecule has 1 saturated heterocycles. The Morgan fingerprint density at radius 3 is 2.36 bits per heavy atom. The monoisotopic (exact) mass is 271 g/mol. The number of para-hydroxylation sites is 1. The second kappa shape index (κ2) is 3.74. The van der Waals surface area contributed by atoms with Crippen LogP contribution in [-0.4, -0.2) is 15.3 Å². The third-order valence-electron chi connectivity index (χ3n) is 1.82. The summed E-state index contributed by atoms with van der Waals surface area (Å²) in [6.45, 7) is 0. The number of carbonyl (C=O) groups excluding carboxylic acids is 2. The lowest BCUT2D eigenvalue weighted by Crippen LogP contribution is -2.29. The van der Waals surface area contributed by atoms with Gasteiger partial charge in [-0.05, 0) is 23.9 Å². The molecule has 1 aliphatic rings. The van der Waals surface area contributed by atoms with Crippen molar-refractivity contribution in [2.45, 2.75) is 4.16 Å². The van der Waals surface area contributed by atoms with Crippen LogP contribution >= 0.6 is 27.7 Å². The molecule has 1 aromatic rings. The lowest BCUT2D eigenvalue weighted by atomic mass is 10.3. The quantitative estimate of drug-likeness (QED) is 0.737. The highest BCUT2D eigenvalue weighted by Crippen LogP contribution is 2.34. The van der Waals surface area contributed by atoms with Gasteiger partial charge in [-0.1, -0.05) is 34.1 Å². The van der Waals surface area contributed by atoms with Gasteiger partial charge in [0.15, 0.2) is 0 Å². The maximum absolute atomic E-state index is 11.6. The maximum atomic E-state index is 11.6. The second-order valence-electron chi connectivity index (χ2n) is 2.71. The fourth-order valence-electron chi connectivity index (χ4n) is 1.19. The molecule has 1 fully saturated rings. The average Bonchev–Trinajstić information content (AvgIpc) is 2.43. The summed E-state index contributed by atoms with van der Waals surface area (Å²) in [4.78, 5) is 24.2. The molecular formula is C9H6BrNO2S. The molecule has 2 rings (SSSR count). The van der Waals surface area contributed by atoms with Crippen molar-refractivity contribution in [3.8, 4) is 0 Å². The number of hydrogen-bond acceptors (Lipinski definition) is 3. The number of anilines is 1. The minimum Gasteiger partial charge on any atom is -0.272 e. The first-order chi connectivity index (χ1) is 6.70. The number of amides is 2. The molecule has 3 nitrogen and oxygen atoms in total. The van der Waals surface area contributed by atoms with Crippen molar-refractivity contribution >= 4 is 44.5 Å². The number of rotatable bonds is 1. The van der Waals surface area contributed by atoms with Crippen molar-refractivity contribution in [2.75, 3.05) is 4.90 Å². The molecule has 5 heteroatoms. The molecular weight excluding hydrogens is 266 g/mol. The summed E-state index contributed by atoms with van der Waals surface area (Å²) >= 11 is 4.12. The van der Waals surface area contributed by atoms with Gasteiger partial charge in [0, 0.05) is 0 Å². The van der Waals surface area contributed by atoms with Gasteiger partial charge in [0.1, 0.15) is 4.16 Å². The highest BCUT2D eigenvalue weighted by molar-refractivity contribution is 9.12. The first kappa shape index (κ1) is 9.73. The smallest absolute Gasteiger partial charge is 0.272 e. The Hall–Kier alpha value is -0.810. The topological polar surface area (TPSA) is 37.4 Å². The second-order valence-corrected chi connectivity index (χ2v) is 5.29. The van der Waals surface area contributed by atoms with Crippen LogP contribution in [0.3, 0.4) is 0 Å². The summed E-state index contributed by atoms with van der Waals surface area (Å²) in [6.07, 6.45) is 0. The van der Waals surface area contributed by atoms with Crippen molar-refractivity contribution in [3.05, 3.63) is 30.3 Å². The summed E-state index contributed by atoms with van der Waals surface area (Å²) in [5.74, 6) is -0.216. The first-order valence-electron chi connectivity index (χ1n) is 3.94.